The number of rotatable bonds is 11. The summed E-state index contributed by atoms with van der Waals surface area (Å²) in [5.41, 5.74) is 2.56. The van der Waals surface area contributed by atoms with Crippen LogP contribution in [0.15, 0.2) is 75.7 Å². The molecule has 0 fully saturated rings. The Hall–Kier alpha value is -4.25. The second kappa shape index (κ2) is 14.5. The van der Waals surface area contributed by atoms with Gasteiger partial charge in [-0.1, -0.05) is 52.7 Å². The molecule has 9 nitrogen and oxygen atoms in total. The van der Waals surface area contributed by atoms with E-state index in [0.29, 0.717) is 65.8 Å². The number of thiazole rings is 1. The fourth-order valence-electron chi connectivity index (χ4n) is 5.08. The van der Waals surface area contributed by atoms with Crippen molar-refractivity contribution < 1.29 is 28.5 Å². The highest BCUT2D eigenvalue weighted by molar-refractivity contribution is 7.07. The van der Waals surface area contributed by atoms with Crippen LogP contribution in [0.1, 0.15) is 43.5 Å². The van der Waals surface area contributed by atoms with Crippen molar-refractivity contribution in [3.8, 4) is 23.0 Å². The number of methoxy groups -OCH3 is 2. The summed E-state index contributed by atoms with van der Waals surface area (Å²) < 4.78 is 30.2. The third kappa shape index (κ3) is 6.79. The lowest BCUT2D eigenvalue weighted by atomic mass is 9.95. The maximum Gasteiger partial charge on any atom is 0.338 e. The maximum absolute atomic E-state index is 14.1. The Balaban J connectivity index is 1.56. The van der Waals surface area contributed by atoms with Crippen LogP contribution in [0.2, 0.25) is 10.0 Å². The van der Waals surface area contributed by atoms with Crippen LogP contribution in [0.5, 0.6) is 23.0 Å². The summed E-state index contributed by atoms with van der Waals surface area (Å²) in [4.78, 5) is 32.5. The van der Waals surface area contributed by atoms with Gasteiger partial charge in [0, 0.05) is 15.6 Å². The molecular weight excluding hydrogens is 651 g/mol. The minimum absolute atomic E-state index is 0.174. The number of allylic oxidation sites excluding steroid dienone is 1. The molecule has 0 N–H and O–H groups in total. The van der Waals surface area contributed by atoms with Crippen molar-refractivity contribution in [3.63, 3.8) is 0 Å². The van der Waals surface area contributed by atoms with Crippen LogP contribution < -0.4 is 33.8 Å². The molecule has 0 aliphatic carbocycles. The van der Waals surface area contributed by atoms with Gasteiger partial charge in [0.15, 0.2) is 27.8 Å². The number of nitrogens with zero attached hydrogens (tertiary/aromatic N) is 2. The van der Waals surface area contributed by atoms with Crippen LogP contribution in [0, 0.1) is 0 Å². The van der Waals surface area contributed by atoms with E-state index in [9.17, 15) is 9.59 Å². The van der Waals surface area contributed by atoms with E-state index >= 15 is 0 Å². The molecule has 0 saturated carbocycles. The first-order valence-corrected chi connectivity index (χ1v) is 16.0. The third-order valence-corrected chi connectivity index (χ3v) is 8.77. The van der Waals surface area contributed by atoms with Crippen LogP contribution in [0.4, 0.5) is 0 Å². The van der Waals surface area contributed by atoms with E-state index in [1.807, 2.05) is 19.1 Å². The minimum Gasteiger partial charge on any atom is -0.493 e. The van der Waals surface area contributed by atoms with Gasteiger partial charge in [-0.15, -0.1) is 0 Å². The van der Waals surface area contributed by atoms with Gasteiger partial charge in [-0.3, -0.25) is 9.36 Å². The number of ether oxygens (including phenoxy) is 5. The van der Waals surface area contributed by atoms with Crippen molar-refractivity contribution in [2.75, 3.05) is 27.4 Å². The average molecular weight is 684 g/mol. The van der Waals surface area contributed by atoms with Gasteiger partial charge in [0.1, 0.15) is 6.61 Å². The Labute approximate surface area is 279 Å². The van der Waals surface area contributed by atoms with Crippen molar-refractivity contribution in [1.29, 1.82) is 0 Å². The van der Waals surface area contributed by atoms with Crippen LogP contribution in [0.3, 0.4) is 0 Å². The topological polar surface area (TPSA) is 97.6 Å². The fourth-order valence-corrected chi connectivity index (χ4v) is 6.59. The standard InChI is InChI=1S/C34H32Cl2N2O7S/c1-6-43-28-16-21(10-13-25(28)41-4)31-30(33(40)44-7-2)19(3)37-34-38(31)32(39)29(46-34)15-20-8-12-26(27(14-20)42-5)45-18-22-9-11-23(35)17-24(22)36/h8-17,31H,6-7,18H2,1-5H3/b29-15-/t31-/m0/s1. The van der Waals surface area contributed by atoms with Gasteiger partial charge in [-0.25, -0.2) is 9.79 Å². The highest BCUT2D eigenvalue weighted by Crippen LogP contribution is 2.36. The maximum atomic E-state index is 14.1. The average Bonchev–Trinajstić information content (AvgIpc) is 3.34. The summed E-state index contributed by atoms with van der Waals surface area (Å²) in [5, 5.41) is 1.04. The summed E-state index contributed by atoms with van der Waals surface area (Å²) >= 11 is 13.5. The smallest absolute Gasteiger partial charge is 0.338 e. The number of halogens is 2. The summed E-state index contributed by atoms with van der Waals surface area (Å²) in [6.07, 6.45) is 1.76. The predicted octanol–water partition coefficient (Wildman–Crippen LogP) is 6.10. The van der Waals surface area contributed by atoms with Crippen molar-refractivity contribution >= 4 is 46.6 Å². The van der Waals surface area contributed by atoms with Gasteiger partial charge in [-0.2, -0.15) is 0 Å². The van der Waals surface area contributed by atoms with Crippen molar-refractivity contribution in [3.05, 3.63) is 112 Å². The Bertz CT molecular complexity index is 2000. The second-order valence-electron chi connectivity index (χ2n) is 10.1. The quantitative estimate of drug-likeness (QED) is 0.176. The van der Waals surface area contributed by atoms with E-state index in [1.165, 1.54) is 15.9 Å². The molecular formula is C34H32Cl2N2O7S. The first kappa shape index (κ1) is 33.1. The molecule has 1 aliphatic rings. The monoisotopic (exact) mass is 682 g/mol. The SMILES string of the molecule is CCOC(=O)C1=C(C)N=c2s/c(=C\c3ccc(OCc4ccc(Cl)cc4Cl)c(OC)c3)c(=O)n2[C@H]1c1ccc(OC)c(OCC)c1. The molecule has 1 aliphatic heterocycles. The first-order valence-electron chi connectivity index (χ1n) is 14.4. The lowest BCUT2D eigenvalue weighted by Gasteiger charge is -2.25. The van der Waals surface area contributed by atoms with Gasteiger partial charge in [0.2, 0.25) is 0 Å². The van der Waals surface area contributed by atoms with Crippen molar-refractivity contribution in [2.45, 2.75) is 33.4 Å². The highest BCUT2D eigenvalue weighted by atomic mass is 35.5. The Morgan fingerprint density at radius 3 is 2.39 bits per heavy atom. The lowest BCUT2D eigenvalue weighted by Crippen LogP contribution is -2.40. The van der Waals surface area contributed by atoms with E-state index < -0.39 is 12.0 Å². The molecule has 3 aromatic carbocycles. The molecule has 4 aromatic rings. The normalized spacial score (nSPS) is 14.4. The number of esters is 1. The number of hydrogen-bond acceptors (Lipinski definition) is 9. The lowest BCUT2D eigenvalue weighted by molar-refractivity contribution is -0.139. The van der Waals surface area contributed by atoms with E-state index in [4.69, 9.17) is 46.9 Å². The zero-order chi connectivity index (χ0) is 33.0. The zero-order valence-electron chi connectivity index (χ0n) is 25.9. The molecule has 1 atom stereocenters. The van der Waals surface area contributed by atoms with E-state index in [2.05, 4.69) is 4.99 Å². The molecule has 0 saturated heterocycles. The largest absolute Gasteiger partial charge is 0.493 e. The summed E-state index contributed by atoms with van der Waals surface area (Å²) in [6.45, 7) is 6.13. The molecule has 2 heterocycles. The molecule has 1 aromatic heterocycles. The molecule has 0 spiro atoms. The molecule has 0 amide bonds. The third-order valence-electron chi connectivity index (χ3n) is 7.20. The Kier molecular flexibility index (Phi) is 10.4. The van der Waals surface area contributed by atoms with Gasteiger partial charge >= 0.3 is 5.97 Å². The summed E-state index contributed by atoms with van der Waals surface area (Å²) in [7, 11) is 3.10. The number of hydrogen-bond donors (Lipinski definition) is 0. The number of benzene rings is 3. The van der Waals surface area contributed by atoms with Gasteiger partial charge in [0.05, 0.1) is 49.3 Å². The van der Waals surface area contributed by atoms with Crippen molar-refractivity contribution in [1.82, 2.24) is 4.57 Å². The van der Waals surface area contributed by atoms with E-state index in [0.717, 1.165) is 5.56 Å². The molecule has 0 unspecified atom stereocenters. The van der Waals surface area contributed by atoms with Crippen LogP contribution in [-0.4, -0.2) is 38.0 Å². The van der Waals surface area contributed by atoms with E-state index in [-0.39, 0.29) is 24.3 Å². The van der Waals surface area contributed by atoms with Gasteiger partial charge in [0.25, 0.3) is 5.56 Å². The van der Waals surface area contributed by atoms with Gasteiger partial charge in [-0.05, 0) is 74.4 Å². The van der Waals surface area contributed by atoms with Crippen LogP contribution in [-0.2, 0) is 16.1 Å². The Morgan fingerprint density at radius 2 is 1.70 bits per heavy atom. The Morgan fingerprint density at radius 1 is 0.935 bits per heavy atom. The number of carbonyl (C=O) groups is 1. The number of aromatic nitrogens is 1. The molecule has 0 bridgehead atoms. The molecule has 12 heteroatoms. The highest BCUT2D eigenvalue weighted by Gasteiger charge is 2.34. The number of carbonyl (C=O) groups excluding carboxylic acids is 1. The van der Waals surface area contributed by atoms with Crippen molar-refractivity contribution in [2.24, 2.45) is 4.99 Å². The summed E-state index contributed by atoms with van der Waals surface area (Å²) in [6, 6.07) is 15.1. The molecule has 46 heavy (non-hydrogen) atoms. The zero-order valence-corrected chi connectivity index (χ0v) is 28.2. The predicted molar refractivity (Wildman–Crippen MR) is 178 cm³/mol. The minimum atomic E-state index is -0.799. The molecule has 240 valence electrons. The fraction of sp³-hybridized carbons (Fsp3) is 0.265. The van der Waals surface area contributed by atoms with Crippen LogP contribution >= 0.6 is 34.5 Å². The van der Waals surface area contributed by atoms with Crippen LogP contribution in [0.25, 0.3) is 6.08 Å². The second-order valence-corrected chi connectivity index (χ2v) is 11.9. The number of fused-ring (bicyclic) bond motifs is 1. The molecule has 0 radical (unpaired) electrons. The summed E-state index contributed by atoms with van der Waals surface area (Å²) in [5.74, 6) is 1.47. The van der Waals surface area contributed by atoms with Gasteiger partial charge < -0.3 is 23.7 Å². The molecule has 5 rings (SSSR count). The van der Waals surface area contributed by atoms with E-state index in [1.54, 1.807) is 76.6 Å². The first-order chi connectivity index (χ1) is 22.2.